The van der Waals surface area contributed by atoms with Gasteiger partial charge < -0.3 is 20.3 Å². The quantitative estimate of drug-likeness (QED) is 0.847. The van der Waals surface area contributed by atoms with E-state index in [1.54, 1.807) is 0 Å². The number of benzene rings is 1. The molecule has 2 N–H and O–H groups in total. The zero-order chi connectivity index (χ0) is 15.4. The molecule has 1 aliphatic heterocycles. The highest BCUT2D eigenvalue weighted by molar-refractivity contribution is 5.74. The zero-order valence-electron chi connectivity index (χ0n) is 13.8. The van der Waals surface area contributed by atoms with E-state index in [1.807, 2.05) is 26.0 Å². The highest BCUT2D eigenvalue weighted by Crippen LogP contribution is 2.34. The molecular formula is C17H29N3O. The Labute approximate surface area is 128 Å². The smallest absolute Gasteiger partial charge is 0.144 e. The molecule has 0 saturated carbocycles. The Bertz CT molecular complexity index is 453. The summed E-state index contributed by atoms with van der Waals surface area (Å²) in [7, 11) is 2.15. The topological polar surface area (TPSA) is 41.7 Å². The van der Waals surface area contributed by atoms with Crippen molar-refractivity contribution in [1.29, 1.82) is 0 Å². The van der Waals surface area contributed by atoms with Gasteiger partial charge in [-0.2, -0.15) is 0 Å². The number of nitrogens with zero attached hydrogens (tertiary/aromatic N) is 2. The molecule has 0 unspecified atom stereocenters. The predicted molar refractivity (Wildman–Crippen MR) is 90.2 cm³/mol. The molecule has 2 rings (SSSR count). The lowest BCUT2D eigenvalue weighted by Crippen LogP contribution is -2.43. The summed E-state index contributed by atoms with van der Waals surface area (Å²) in [6, 6.07) is 6.63. The average Bonchev–Trinajstić information content (AvgIpc) is 2.48. The molecular weight excluding hydrogens is 262 g/mol. The van der Waals surface area contributed by atoms with Crippen LogP contribution in [0.25, 0.3) is 0 Å². The van der Waals surface area contributed by atoms with Gasteiger partial charge in [-0.25, -0.2) is 0 Å². The molecule has 1 aromatic carbocycles. The van der Waals surface area contributed by atoms with E-state index in [4.69, 9.17) is 10.5 Å². The molecule has 0 radical (unpaired) electrons. The van der Waals surface area contributed by atoms with E-state index >= 15 is 0 Å². The maximum Gasteiger partial charge on any atom is 0.144 e. The minimum absolute atomic E-state index is 0.139. The number of piperidine rings is 1. The Morgan fingerprint density at radius 3 is 2.57 bits per heavy atom. The van der Waals surface area contributed by atoms with Crippen molar-refractivity contribution in [2.75, 3.05) is 37.3 Å². The van der Waals surface area contributed by atoms with E-state index < -0.39 is 0 Å². The molecule has 0 atom stereocenters. The first kappa shape index (κ1) is 16.0. The molecule has 21 heavy (non-hydrogen) atoms. The van der Waals surface area contributed by atoms with Crippen LogP contribution < -0.4 is 15.4 Å². The van der Waals surface area contributed by atoms with Crippen LogP contribution in [0.5, 0.6) is 5.75 Å². The largest absolute Gasteiger partial charge is 0.489 e. The lowest BCUT2D eigenvalue weighted by Gasteiger charge is -2.38. The standard InChI is InChI=1S/C17H29N3O/c1-5-20-11-9-14(10-12-20)19(4)15-7-6-8-16(17(15)18)21-13(2)3/h6-8,13-14H,5,9-12,18H2,1-4H3. The summed E-state index contributed by atoms with van der Waals surface area (Å²) in [5, 5.41) is 0. The van der Waals surface area contributed by atoms with E-state index in [0.29, 0.717) is 6.04 Å². The van der Waals surface area contributed by atoms with E-state index in [2.05, 4.69) is 29.8 Å². The monoisotopic (exact) mass is 291 g/mol. The van der Waals surface area contributed by atoms with Crippen LogP contribution in [-0.2, 0) is 0 Å². The number of rotatable bonds is 5. The molecule has 118 valence electrons. The first-order valence-electron chi connectivity index (χ1n) is 8.03. The Balaban J connectivity index is 2.10. The number of para-hydroxylation sites is 1. The van der Waals surface area contributed by atoms with E-state index in [0.717, 1.165) is 23.7 Å². The number of nitrogen functional groups attached to an aromatic ring is 1. The Morgan fingerprint density at radius 2 is 2.00 bits per heavy atom. The van der Waals surface area contributed by atoms with Crippen LogP contribution in [0.1, 0.15) is 33.6 Å². The summed E-state index contributed by atoms with van der Waals surface area (Å²) in [4.78, 5) is 4.83. The molecule has 1 heterocycles. The van der Waals surface area contributed by atoms with Gasteiger partial charge in [-0.1, -0.05) is 13.0 Å². The molecule has 0 aromatic heterocycles. The molecule has 1 aromatic rings. The molecule has 4 heteroatoms. The highest BCUT2D eigenvalue weighted by atomic mass is 16.5. The van der Waals surface area contributed by atoms with Crippen molar-refractivity contribution >= 4 is 11.4 Å². The number of nitrogens with two attached hydrogens (primary N) is 1. The number of hydrogen-bond acceptors (Lipinski definition) is 4. The van der Waals surface area contributed by atoms with Crippen molar-refractivity contribution in [1.82, 2.24) is 4.90 Å². The third kappa shape index (κ3) is 3.82. The van der Waals surface area contributed by atoms with Crippen molar-refractivity contribution in [3.63, 3.8) is 0 Å². The fraction of sp³-hybridized carbons (Fsp3) is 0.647. The number of likely N-dealkylation sites (tertiary alicyclic amines) is 1. The number of ether oxygens (including phenoxy) is 1. The molecule has 0 spiro atoms. The van der Waals surface area contributed by atoms with E-state index in [-0.39, 0.29) is 6.10 Å². The van der Waals surface area contributed by atoms with Gasteiger partial charge in [0.05, 0.1) is 17.5 Å². The second kappa shape index (κ2) is 7.03. The predicted octanol–water partition coefficient (Wildman–Crippen LogP) is 2.98. The highest BCUT2D eigenvalue weighted by Gasteiger charge is 2.23. The molecule has 1 fully saturated rings. The van der Waals surface area contributed by atoms with Crippen LogP contribution in [0.4, 0.5) is 11.4 Å². The SMILES string of the molecule is CCN1CCC(N(C)c2cccc(OC(C)C)c2N)CC1. The van der Waals surface area contributed by atoms with Crippen LogP contribution >= 0.6 is 0 Å². The van der Waals surface area contributed by atoms with Crippen molar-refractivity contribution in [2.24, 2.45) is 0 Å². The van der Waals surface area contributed by atoms with Crippen LogP contribution in [0.15, 0.2) is 18.2 Å². The van der Waals surface area contributed by atoms with Gasteiger partial charge in [-0.05, 0) is 45.4 Å². The lowest BCUT2D eigenvalue weighted by molar-refractivity contribution is 0.220. The van der Waals surface area contributed by atoms with Gasteiger partial charge >= 0.3 is 0 Å². The Kier molecular flexibility index (Phi) is 5.34. The second-order valence-electron chi connectivity index (χ2n) is 6.13. The molecule has 4 nitrogen and oxygen atoms in total. The minimum atomic E-state index is 0.139. The fourth-order valence-corrected chi connectivity index (χ4v) is 3.02. The Morgan fingerprint density at radius 1 is 1.33 bits per heavy atom. The van der Waals surface area contributed by atoms with Gasteiger partial charge in [0.15, 0.2) is 0 Å². The van der Waals surface area contributed by atoms with Crippen molar-refractivity contribution in [3.05, 3.63) is 18.2 Å². The Hall–Kier alpha value is -1.42. The van der Waals surface area contributed by atoms with Crippen molar-refractivity contribution in [3.8, 4) is 5.75 Å². The molecule has 1 saturated heterocycles. The third-order valence-corrected chi connectivity index (χ3v) is 4.34. The van der Waals surface area contributed by atoms with Crippen molar-refractivity contribution in [2.45, 2.75) is 45.8 Å². The van der Waals surface area contributed by atoms with Crippen LogP contribution in [0, 0.1) is 0 Å². The van der Waals surface area contributed by atoms with E-state index in [9.17, 15) is 0 Å². The summed E-state index contributed by atoms with van der Waals surface area (Å²) in [5.74, 6) is 0.792. The summed E-state index contributed by atoms with van der Waals surface area (Å²) in [6.07, 6.45) is 2.53. The second-order valence-corrected chi connectivity index (χ2v) is 6.13. The summed E-state index contributed by atoms with van der Waals surface area (Å²) in [5.41, 5.74) is 8.16. The van der Waals surface area contributed by atoms with Crippen LogP contribution in [-0.4, -0.2) is 43.7 Å². The summed E-state index contributed by atoms with van der Waals surface area (Å²) in [6.45, 7) is 9.78. The van der Waals surface area contributed by atoms with Gasteiger partial charge in [-0.3, -0.25) is 0 Å². The average molecular weight is 291 g/mol. The van der Waals surface area contributed by atoms with Gasteiger partial charge in [0, 0.05) is 26.2 Å². The first-order valence-corrected chi connectivity index (χ1v) is 8.03. The first-order chi connectivity index (χ1) is 10.0. The molecule has 1 aliphatic rings. The van der Waals surface area contributed by atoms with Gasteiger partial charge in [-0.15, -0.1) is 0 Å². The van der Waals surface area contributed by atoms with Crippen molar-refractivity contribution < 1.29 is 4.74 Å². The fourth-order valence-electron chi connectivity index (χ4n) is 3.02. The summed E-state index contributed by atoms with van der Waals surface area (Å²) < 4.78 is 5.80. The van der Waals surface area contributed by atoms with Gasteiger partial charge in [0.25, 0.3) is 0 Å². The van der Waals surface area contributed by atoms with Gasteiger partial charge in [0.1, 0.15) is 5.75 Å². The zero-order valence-corrected chi connectivity index (χ0v) is 13.8. The maximum atomic E-state index is 6.32. The molecule has 0 bridgehead atoms. The van der Waals surface area contributed by atoms with E-state index in [1.165, 1.54) is 25.9 Å². The maximum absolute atomic E-state index is 6.32. The minimum Gasteiger partial charge on any atom is -0.489 e. The normalized spacial score (nSPS) is 17.2. The molecule has 0 aliphatic carbocycles. The van der Waals surface area contributed by atoms with Crippen LogP contribution in [0.2, 0.25) is 0 Å². The van der Waals surface area contributed by atoms with Crippen LogP contribution in [0.3, 0.4) is 0 Å². The summed E-state index contributed by atoms with van der Waals surface area (Å²) >= 11 is 0. The number of hydrogen-bond donors (Lipinski definition) is 1. The molecule has 0 amide bonds. The third-order valence-electron chi connectivity index (χ3n) is 4.34. The van der Waals surface area contributed by atoms with Gasteiger partial charge in [0.2, 0.25) is 0 Å². The number of anilines is 2. The lowest BCUT2D eigenvalue weighted by atomic mass is 10.0.